The molecule has 0 fully saturated rings. The van der Waals surface area contributed by atoms with E-state index in [1.165, 1.54) is 6.92 Å². The van der Waals surface area contributed by atoms with Gasteiger partial charge >= 0.3 is 0 Å². The summed E-state index contributed by atoms with van der Waals surface area (Å²) < 4.78 is 0. The fourth-order valence-electron chi connectivity index (χ4n) is 2.25. The molecule has 0 atom stereocenters. The first-order valence-electron chi connectivity index (χ1n) is 7.94. The van der Waals surface area contributed by atoms with Crippen molar-refractivity contribution in [1.82, 2.24) is 10.6 Å². The Kier molecular flexibility index (Phi) is 6.37. The van der Waals surface area contributed by atoms with Crippen molar-refractivity contribution in [2.24, 2.45) is 0 Å². The van der Waals surface area contributed by atoms with E-state index in [0.717, 1.165) is 17.8 Å². The fraction of sp³-hybridized carbons (Fsp3) is 0.263. The van der Waals surface area contributed by atoms with E-state index in [9.17, 15) is 9.59 Å². The van der Waals surface area contributed by atoms with Crippen LogP contribution in [-0.4, -0.2) is 32.0 Å². The van der Waals surface area contributed by atoms with Crippen molar-refractivity contribution in [2.45, 2.75) is 13.5 Å². The van der Waals surface area contributed by atoms with Crippen LogP contribution in [-0.2, 0) is 11.3 Å². The minimum Gasteiger partial charge on any atom is -0.373 e. The van der Waals surface area contributed by atoms with E-state index in [2.05, 4.69) is 15.5 Å². The molecule has 24 heavy (non-hydrogen) atoms. The number of carbonyl (C=O) groups is 2. The summed E-state index contributed by atoms with van der Waals surface area (Å²) in [6.45, 7) is 3.25. The second-order valence-corrected chi connectivity index (χ2v) is 5.62. The van der Waals surface area contributed by atoms with Crippen LogP contribution >= 0.6 is 0 Å². The summed E-state index contributed by atoms with van der Waals surface area (Å²) in [7, 11) is 2.00. The van der Waals surface area contributed by atoms with E-state index in [-0.39, 0.29) is 11.8 Å². The number of nitrogens with zero attached hydrogens (tertiary/aromatic N) is 1. The van der Waals surface area contributed by atoms with Crippen molar-refractivity contribution in [3.63, 3.8) is 0 Å². The zero-order valence-corrected chi connectivity index (χ0v) is 14.1. The third kappa shape index (κ3) is 5.43. The van der Waals surface area contributed by atoms with Crippen LogP contribution in [0, 0.1) is 0 Å². The fourth-order valence-corrected chi connectivity index (χ4v) is 2.25. The van der Waals surface area contributed by atoms with E-state index in [1.54, 1.807) is 12.1 Å². The Balaban J connectivity index is 1.79. The van der Waals surface area contributed by atoms with Gasteiger partial charge in [-0.15, -0.1) is 0 Å². The quantitative estimate of drug-likeness (QED) is 0.820. The summed E-state index contributed by atoms with van der Waals surface area (Å²) in [6, 6.07) is 17.3. The molecular weight excluding hydrogens is 302 g/mol. The molecule has 5 heteroatoms. The number of anilines is 1. The smallest absolute Gasteiger partial charge is 0.251 e. The molecule has 5 nitrogen and oxygen atoms in total. The maximum atomic E-state index is 12.1. The standard InChI is InChI=1S/C19H23N3O2/c1-15(23)21-14-16-8-10-17(11-9-16)19(24)20-12-13-22(2)18-6-4-3-5-7-18/h3-11H,12-14H2,1-2H3,(H,20,24)(H,21,23). The molecule has 0 bridgehead atoms. The molecular formula is C19H23N3O2. The molecule has 2 aromatic carbocycles. The zero-order chi connectivity index (χ0) is 17.4. The zero-order valence-electron chi connectivity index (χ0n) is 14.1. The Morgan fingerprint density at radius 1 is 0.958 bits per heavy atom. The van der Waals surface area contributed by atoms with Gasteiger partial charge < -0.3 is 15.5 Å². The van der Waals surface area contributed by atoms with Gasteiger partial charge in [0.05, 0.1) is 0 Å². The van der Waals surface area contributed by atoms with Gasteiger partial charge in [0.1, 0.15) is 0 Å². The average molecular weight is 325 g/mol. The predicted molar refractivity (Wildman–Crippen MR) is 96.0 cm³/mol. The number of rotatable bonds is 7. The normalized spacial score (nSPS) is 10.1. The van der Waals surface area contributed by atoms with Gasteiger partial charge in [0.25, 0.3) is 5.91 Å². The van der Waals surface area contributed by atoms with Crippen LogP contribution in [0.4, 0.5) is 5.69 Å². The molecule has 126 valence electrons. The first-order valence-corrected chi connectivity index (χ1v) is 7.94. The van der Waals surface area contributed by atoms with E-state index in [0.29, 0.717) is 18.7 Å². The van der Waals surface area contributed by atoms with Crippen LogP contribution in [0.15, 0.2) is 54.6 Å². The molecule has 0 heterocycles. The summed E-state index contributed by atoms with van der Waals surface area (Å²) in [5.74, 6) is -0.165. The largest absolute Gasteiger partial charge is 0.373 e. The van der Waals surface area contributed by atoms with E-state index in [1.807, 2.05) is 49.5 Å². The average Bonchev–Trinajstić information content (AvgIpc) is 2.61. The molecule has 0 aliphatic carbocycles. The van der Waals surface area contributed by atoms with Crippen LogP contribution in [0.3, 0.4) is 0 Å². The molecule has 0 radical (unpaired) electrons. The molecule has 0 aromatic heterocycles. The SMILES string of the molecule is CC(=O)NCc1ccc(C(=O)NCCN(C)c2ccccc2)cc1. The first-order chi connectivity index (χ1) is 11.6. The van der Waals surface area contributed by atoms with Crippen molar-refractivity contribution >= 4 is 17.5 Å². The van der Waals surface area contributed by atoms with Crippen molar-refractivity contribution in [2.75, 3.05) is 25.0 Å². The van der Waals surface area contributed by atoms with Crippen LogP contribution in [0.25, 0.3) is 0 Å². The lowest BCUT2D eigenvalue weighted by atomic mass is 10.1. The molecule has 0 saturated heterocycles. The number of hydrogen-bond acceptors (Lipinski definition) is 3. The second kappa shape index (κ2) is 8.72. The van der Waals surface area contributed by atoms with Crippen molar-refractivity contribution in [1.29, 1.82) is 0 Å². The van der Waals surface area contributed by atoms with Crippen LogP contribution in [0.5, 0.6) is 0 Å². The molecule has 2 rings (SSSR count). The Morgan fingerprint density at radius 3 is 2.25 bits per heavy atom. The summed E-state index contributed by atoms with van der Waals surface area (Å²) in [6.07, 6.45) is 0. The highest BCUT2D eigenvalue weighted by molar-refractivity contribution is 5.94. The van der Waals surface area contributed by atoms with Crippen LogP contribution in [0.2, 0.25) is 0 Å². The summed E-state index contributed by atoms with van der Waals surface area (Å²) in [5, 5.41) is 5.65. The Labute approximate surface area is 142 Å². The highest BCUT2D eigenvalue weighted by Crippen LogP contribution is 2.10. The topological polar surface area (TPSA) is 61.4 Å². The van der Waals surface area contributed by atoms with Gasteiger partial charge in [0, 0.05) is 44.9 Å². The Morgan fingerprint density at radius 2 is 1.62 bits per heavy atom. The van der Waals surface area contributed by atoms with Crippen LogP contribution in [0.1, 0.15) is 22.8 Å². The summed E-state index contributed by atoms with van der Waals surface area (Å²) in [5.41, 5.74) is 2.70. The number of para-hydroxylation sites is 1. The highest BCUT2D eigenvalue weighted by atomic mass is 16.2. The minimum atomic E-state index is -0.0949. The monoisotopic (exact) mass is 325 g/mol. The van der Waals surface area contributed by atoms with E-state index < -0.39 is 0 Å². The number of nitrogens with one attached hydrogen (secondary N) is 2. The Bertz CT molecular complexity index is 669. The van der Waals surface area contributed by atoms with Gasteiger partial charge in [0.15, 0.2) is 0 Å². The molecule has 2 amide bonds. The first kappa shape index (κ1) is 17.5. The molecule has 0 spiro atoms. The third-order valence-corrected chi connectivity index (χ3v) is 3.69. The van der Waals surface area contributed by atoms with Gasteiger partial charge in [0.2, 0.25) is 5.91 Å². The minimum absolute atomic E-state index is 0.0700. The number of amides is 2. The Hall–Kier alpha value is -2.82. The van der Waals surface area contributed by atoms with Gasteiger partial charge in [-0.2, -0.15) is 0 Å². The maximum absolute atomic E-state index is 12.1. The third-order valence-electron chi connectivity index (χ3n) is 3.69. The lowest BCUT2D eigenvalue weighted by Crippen LogP contribution is -2.33. The predicted octanol–water partition coefficient (Wildman–Crippen LogP) is 2.19. The van der Waals surface area contributed by atoms with Gasteiger partial charge in [-0.3, -0.25) is 9.59 Å². The van der Waals surface area contributed by atoms with Gasteiger partial charge in [-0.1, -0.05) is 30.3 Å². The maximum Gasteiger partial charge on any atom is 0.251 e. The second-order valence-electron chi connectivity index (χ2n) is 5.62. The van der Waals surface area contributed by atoms with E-state index >= 15 is 0 Å². The number of carbonyl (C=O) groups excluding carboxylic acids is 2. The van der Waals surface area contributed by atoms with Crippen molar-refractivity contribution < 1.29 is 9.59 Å². The van der Waals surface area contributed by atoms with Gasteiger partial charge in [-0.25, -0.2) is 0 Å². The molecule has 0 aliphatic rings. The molecule has 0 aliphatic heterocycles. The molecule has 0 unspecified atom stereocenters. The highest BCUT2D eigenvalue weighted by Gasteiger charge is 2.06. The van der Waals surface area contributed by atoms with E-state index in [4.69, 9.17) is 0 Å². The molecule has 0 saturated carbocycles. The lowest BCUT2D eigenvalue weighted by molar-refractivity contribution is -0.119. The van der Waals surface area contributed by atoms with Crippen molar-refractivity contribution in [3.05, 3.63) is 65.7 Å². The molecule has 2 aromatic rings. The van der Waals surface area contributed by atoms with Gasteiger partial charge in [-0.05, 0) is 29.8 Å². The van der Waals surface area contributed by atoms with Crippen molar-refractivity contribution in [3.8, 4) is 0 Å². The number of benzene rings is 2. The number of likely N-dealkylation sites (N-methyl/N-ethyl adjacent to an activating group) is 1. The lowest BCUT2D eigenvalue weighted by Gasteiger charge is -2.19. The summed E-state index contributed by atoms with van der Waals surface area (Å²) in [4.78, 5) is 25.1. The number of hydrogen-bond donors (Lipinski definition) is 2. The molecule has 2 N–H and O–H groups in total. The van der Waals surface area contributed by atoms with Crippen LogP contribution < -0.4 is 15.5 Å². The summed E-state index contributed by atoms with van der Waals surface area (Å²) >= 11 is 0.